The van der Waals surface area contributed by atoms with Crippen LogP contribution in [0.2, 0.25) is 0 Å². The molecule has 1 atom stereocenters. The number of carbonyl (C=O) groups excluding carboxylic acids is 1. The first-order chi connectivity index (χ1) is 11.5. The number of hydrogen-bond acceptors (Lipinski definition) is 5. The van der Waals surface area contributed by atoms with Crippen molar-refractivity contribution < 1.29 is 4.79 Å². The van der Waals surface area contributed by atoms with Crippen molar-refractivity contribution in [2.75, 3.05) is 0 Å². The molecule has 0 saturated carbocycles. The van der Waals surface area contributed by atoms with Gasteiger partial charge in [-0.1, -0.05) is 6.07 Å². The molecule has 3 aromatic rings. The normalized spacial score (nSPS) is 12.5. The Hall–Kier alpha value is -1.99. The lowest BCUT2D eigenvalue weighted by Crippen LogP contribution is -2.29. The van der Waals surface area contributed by atoms with Crippen molar-refractivity contribution in [3.05, 3.63) is 49.5 Å². The molecule has 24 heavy (non-hydrogen) atoms. The molecule has 0 bridgehead atoms. The number of fused-ring (bicyclic) bond motifs is 1. The van der Waals surface area contributed by atoms with Crippen LogP contribution in [0.1, 0.15) is 34.7 Å². The second-order valence-corrected chi connectivity index (χ2v) is 7.94. The maximum Gasteiger partial charge on any atom is 0.262 e. The number of aryl methyl sites for hydroxylation is 3. The van der Waals surface area contributed by atoms with Gasteiger partial charge in [0.1, 0.15) is 4.83 Å². The van der Waals surface area contributed by atoms with E-state index in [2.05, 4.69) is 10.3 Å². The molecule has 3 aromatic heterocycles. The number of hydrogen-bond donors (Lipinski definition) is 1. The lowest BCUT2D eigenvalue weighted by atomic mass is 10.2. The van der Waals surface area contributed by atoms with Gasteiger partial charge in [-0.05, 0) is 37.8 Å². The number of nitrogens with one attached hydrogen (secondary N) is 1. The molecule has 1 amide bonds. The van der Waals surface area contributed by atoms with E-state index in [0.29, 0.717) is 11.9 Å². The Morgan fingerprint density at radius 2 is 2.21 bits per heavy atom. The van der Waals surface area contributed by atoms with Crippen LogP contribution >= 0.6 is 22.7 Å². The molecule has 7 heteroatoms. The van der Waals surface area contributed by atoms with Gasteiger partial charge in [0, 0.05) is 22.7 Å². The van der Waals surface area contributed by atoms with Gasteiger partial charge in [0.15, 0.2) is 0 Å². The third-order valence-corrected chi connectivity index (χ3v) is 6.25. The van der Waals surface area contributed by atoms with E-state index in [1.54, 1.807) is 11.3 Å². The Morgan fingerprint density at radius 1 is 1.42 bits per heavy atom. The van der Waals surface area contributed by atoms with Crippen molar-refractivity contribution in [1.82, 2.24) is 14.9 Å². The second-order valence-electron chi connectivity index (χ2n) is 5.76. The fraction of sp³-hybridized carbons (Fsp3) is 0.353. The summed E-state index contributed by atoms with van der Waals surface area (Å²) in [5, 5.41) is 5.63. The molecule has 0 spiro atoms. The zero-order valence-electron chi connectivity index (χ0n) is 13.8. The topological polar surface area (TPSA) is 64.0 Å². The third-order valence-electron chi connectivity index (χ3n) is 4.08. The van der Waals surface area contributed by atoms with Crippen molar-refractivity contribution in [3.8, 4) is 0 Å². The first-order valence-corrected chi connectivity index (χ1v) is 9.45. The minimum Gasteiger partial charge on any atom is -0.349 e. The molecule has 0 aliphatic heterocycles. The standard InChI is InChI=1S/C17H19N3O2S2/c1-10-12(3)24-16-15(10)17(22)20(9-18-16)7-6-14(21)19-11(2)13-5-4-8-23-13/h4-5,8-9,11H,6-7H2,1-3H3,(H,19,21). The highest BCUT2D eigenvalue weighted by Crippen LogP contribution is 2.25. The molecule has 0 aliphatic carbocycles. The van der Waals surface area contributed by atoms with Crippen LogP contribution in [-0.2, 0) is 11.3 Å². The minimum atomic E-state index is -0.0686. The molecule has 3 rings (SSSR count). The highest BCUT2D eigenvalue weighted by atomic mass is 32.1. The molecule has 5 nitrogen and oxygen atoms in total. The van der Waals surface area contributed by atoms with Gasteiger partial charge in [-0.2, -0.15) is 0 Å². The van der Waals surface area contributed by atoms with E-state index in [1.807, 2.05) is 38.3 Å². The van der Waals surface area contributed by atoms with Gasteiger partial charge in [-0.3, -0.25) is 14.2 Å². The van der Waals surface area contributed by atoms with Gasteiger partial charge in [-0.15, -0.1) is 22.7 Å². The fourth-order valence-electron chi connectivity index (χ4n) is 2.57. The molecule has 0 aliphatic rings. The first kappa shape index (κ1) is 16.9. The first-order valence-electron chi connectivity index (χ1n) is 7.75. The van der Waals surface area contributed by atoms with Crippen molar-refractivity contribution in [2.45, 2.75) is 39.8 Å². The van der Waals surface area contributed by atoms with E-state index in [4.69, 9.17) is 0 Å². The van der Waals surface area contributed by atoms with Crippen LogP contribution in [-0.4, -0.2) is 15.5 Å². The highest BCUT2D eigenvalue weighted by molar-refractivity contribution is 7.18. The fourth-order valence-corrected chi connectivity index (χ4v) is 4.30. The maximum absolute atomic E-state index is 12.6. The number of rotatable bonds is 5. The predicted molar refractivity (Wildman–Crippen MR) is 98.8 cm³/mol. The Labute approximate surface area is 148 Å². The summed E-state index contributed by atoms with van der Waals surface area (Å²) < 4.78 is 1.52. The zero-order valence-corrected chi connectivity index (χ0v) is 15.5. The molecule has 126 valence electrons. The largest absolute Gasteiger partial charge is 0.349 e. The van der Waals surface area contributed by atoms with E-state index >= 15 is 0 Å². The number of thiophene rings is 2. The predicted octanol–water partition coefficient (Wildman–Crippen LogP) is 3.40. The van der Waals surface area contributed by atoms with E-state index in [0.717, 1.165) is 20.1 Å². The molecular weight excluding hydrogens is 342 g/mol. The van der Waals surface area contributed by atoms with Crippen LogP contribution in [0.15, 0.2) is 28.6 Å². The van der Waals surface area contributed by atoms with Crippen LogP contribution in [0.5, 0.6) is 0 Å². The molecule has 1 N–H and O–H groups in total. The zero-order chi connectivity index (χ0) is 17.3. The SMILES string of the molecule is Cc1sc2ncn(CCC(=O)NC(C)c3cccs3)c(=O)c2c1C. The van der Waals surface area contributed by atoms with Gasteiger partial charge in [0.2, 0.25) is 5.91 Å². The highest BCUT2D eigenvalue weighted by Gasteiger charge is 2.14. The number of aromatic nitrogens is 2. The van der Waals surface area contributed by atoms with Crippen molar-refractivity contribution in [3.63, 3.8) is 0 Å². The van der Waals surface area contributed by atoms with Gasteiger partial charge < -0.3 is 5.32 Å². The van der Waals surface area contributed by atoms with Gasteiger partial charge in [-0.25, -0.2) is 4.98 Å². The molecule has 0 radical (unpaired) electrons. The Bertz CT molecular complexity index is 925. The van der Waals surface area contributed by atoms with Crippen molar-refractivity contribution in [1.29, 1.82) is 0 Å². The van der Waals surface area contributed by atoms with Gasteiger partial charge in [0.05, 0.1) is 17.8 Å². The van der Waals surface area contributed by atoms with Gasteiger partial charge in [0.25, 0.3) is 5.56 Å². The van der Waals surface area contributed by atoms with E-state index in [1.165, 1.54) is 22.2 Å². The summed E-state index contributed by atoms with van der Waals surface area (Å²) in [6.45, 7) is 6.22. The number of nitrogens with zero attached hydrogens (tertiary/aromatic N) is 2. The van der Waals surface area contributed by atoms with E-state index < -0.39 is 0 Å². The van der Waals surface area contributed by atoms with E-state index in [-0.39, 0.29) is 23.9 Å². The molecule has 0 saturated heterocycles. The monoisotopic (exact) mass is 361 g/mol. The summed E-state index contributed by atoms with van der Waals surface area (Å²) >= 11 is 3.15. The maximum atomic E-state index is 12.6. The van der Waals surface area contributed by atoms with Crippen LogP contribution < -0.4 is 10.9 Å². The molecular formula is C17H19N3O2S2. The van der Waals surface area contributed by atoms with Crippen LogP contribution in [0.25, 0.3) is 10.2 Å². The molecule has 0 fully saturated rings. The van der Waals surface area contributed by atoms with E-state index in [9.17, 15) is 9.59 Å². The Balaban J connectivity index is 1.69. The summed E-state index contributed by atoms with van der Waals surface area (Å²) in [6, 6.07) is 3.95. The lowest BCUT2D eigenvalue weighted by molar-refractivity contribution is -0.121. The molecule has 0 aromatic carbocycles. The quantitative estimate of drug-likeness (QED) is 0.757. The van der Waals surface area contributed by atoms with Crippen LogP contribution in [0.3, 0.4) is 0 Å². The Morgan fingerprint density at radius 3 is 2.92 bits per heavy atom. The smallest absolute Gasteiger partial charge is 0.262 e. The number of amides is 1. The number of carbonyl (C=O) groups is 1. The average Bonchev–Trinajstić information content (AvgIpc) is 3.16. The van der Waals surface area contributed by atoms with Crippen molar-refractivity contribution >= 4 is 38.8 Å². The lowest BCUT2D eigenvalue weighted by Gasteiger charge is -2.12. The molecule has 3 heterocycles. The van der Waals surface area contributed by atoms with Gasteiger partial charge >= 0.3 is 0 Å². The summed E-state index contributed by atoms with van der Waals surface area (Å²) in [6.07, 6.45) is 1.79. The molecule has 1 unspecified atom stereocenters. The summed E-state index contributed by atoms with van der Waals surface area (Å²) in [5.74, 6) is -0.0684. The van der Waals surface area contributed by atoms with Crippen LogP contribution in [0, 0.1) is 13.8 Å². The third kappa shape index (κ3) is 3.27. The summed E-state index contributed by atoms with van der Waals surface area (Å²) in [5.41, 5.74) is 0.915. The van der Waals surface area contributed by atoms with Crippen LogP contribution in [0.4, 0.5) is 0 Å². The Kier molecular flexibility index (Phi) is 4.82. The van der Waals surface area contributed by atoms with Crippen molar-refractivity contribution in [2.24, 2.45) is 0 Å². The summed E-state index contributed by atoms with van der Waals surface area (Å²) in [7, 11) is 0. The average molecular weight is 361 g/mol. The second kappa shape index (κ2) is 6.86. The minimum absolute atomic E-state index is 0.0170. The summed E-state index contributed by atoms with van der Waals surface area (Å²) in [4.78, 5) is 32.1.